The van der Waals surface area contributed by atoms with Crippen molar-refractivity contribution in [2.24, 2.45) is 5.92 Å². The molecular formula is C39H38ClFN2O5. The van der Waals surface area contributed by atoms with Crippen LogP contribution in [0.15, 0.2) is 91.0 Å². The van der Waals surface area contributed by atoms with Crippen molar-refractivity contribution in [3.8, 4) is 16.9 Å². The molecule has 1 saturated carbocycles. The summed E-state index contributed by atoms with van der Waals surface area (Å²) in [6, 6.07) is 24.9. The molecule has 2 amide bonds. The minimum absolute atomic E-state index is 0.0677. The highest BCUT2D eigenvalue weighted by molar-refractivity contribution is 6.31. The Balaban J connectivity index is 1.25. The van der Waals surface area contributed by atoms with Gasteiger partial charge in [0, 0.05) is 24.9 Å². The minimum atomic E-state index is -1.22. The molecule has 248 valence electrons. The summed E-state index contributed by atoms with van der Waals surface area (Å²) in [7, 11) is 0. The molecule has 4 aromatic carbocycles. The fourth-order valence-corrected chi connectivity index (χ4v) is 7.01. The number of nitrogens with zero attached hydrogens (tertiary/aromatic N) is 1. The average Bonchev–Trinajstić information content (AvgIpc) is 3.61. The fourth-order valence-electron chi connectivity index (χ4n) is 6.79. The molecule has 2 atom stereocenters. The summed E-state index contributed by atoms with van der Waals surface area (Å²) < 4.78 is 20.4. The number of carbonyl (C=O) groups excluding carboxylic acids is 2. The lowest BCUT2D eigenvalue weighted by Gasteiger charge is -2.37. The van der Waals surface area contributed by atoms with E-state index < -0.39 is 29.8 Å². The molecule has 0 spiro atoms. The third kappa shape index (κ3) is 7.71. The Morgan fingerprint density at radius 1 is 0.938 bits per heavy atom. The molecule has 0 saturated heterocycles. The molecule has 1 aliphatic heterocycles. The van der Waals surface area contributed by atoms with Crippen LogP contribution in [-0.4, -0.2) is 40.4 Å². The molecule has 1 fully saturated rings. The molecule has 6 rings (SSSR count). The average molecular weight is 669 g/mol. The lowest BCUT2D eigenvalue weighted by molar-refractivity contribution is -0.145. The molecule has 0 bridgehead atoms. The zero-order chi connectivity index (χ0) is 33.6. The van der Waals surface area contributed by atoms with E-state index in [4.69, 9.17) is 16.3 Å². The number of ether oxygens (including phenoxy) is 1. The number of halogens is 2. The Morgan fingerprint density at radius 2 is 1.67 bits per heavy atom. The van der Waals surface area contributed by atoms with Crippen LogP contribution in [0.4, 0.5) is 4.39 Å². The van der Waals surface area contributed by atoms with Crippen LogP contribution in [0.25, 0.3) is 11.1 Å². The Kier molecular flexibility index (Phi) is 10.4. The number of carboxylic acids is 1. The SMILES string of the molecule is O=C(N[C@@H](Cc1ccc(-c2ccccc2)cc1)C(=O)O)C1c2cc(OCc3c(F)cccc3Cl)ccc2CCN1C(=O)CC1CCCC1. The highest BCUT2D eigenvalue weighted by atomic mass is 35.5. The van der Waals surface area contributed by atoms with E-state index in [1.54, 1.807) is 23.1 Å². The van der Waals surface area contributed by atoms with Crippen molar-refractivity contribution >= 4 is 29.4 Å². The Hall–Kier alpha value is -4.69. The number of rotatable bonds is 11. The number of nitrogens with one attached hydrogen (secondary N) is 1. The normalized spacial score (nSPS) is 16.6. The molecule has 0 radical (unpaired) electrons. The van der Waals surface area contributed by atoms with Crippen molar-refractivity contribution in [1.29, 1.82) is 0 Å². The van der Waals surface area contributed by atoms with Gasteiger partial charge in [-0.15, -0.1) is 0 Å². The van der Waals surface area contributed by atoms with Crippen LogP contribution in [0.1, 0.15) is 60.4 Å². The zero-order valence-electron chi connectivity index (χ0n) is 26.5. The van der Waals surface area contributed by atoms with E-state index in [-0.39, 0.29) is 35.4 Å². The van der Waals surface area contributed by atoms with Crippen LogP contribution in [-0.2, 0) is 33.8 Å². The van der Waals surface area contributed by atoms with Crippen LogP contribution in [0.5, 0.6) is 5.75 Å². The molecule has 1 unspecified atom stereocenters. The molecule has 2 aliphatic rings. The van der Waals surface area contributed by atoms with Gasteiger partial charge in [-0.05, 0) is 77.3 Å². The van der Waals surface area contributed by atoms with E-state index in [1.807, 2.05) is 60.7 Å². The quantitative estimate of drug-likeness (QED) is 0.172. The number of carbonyl (C=O) groups is 3. The van der Waals surface area contributed by atoms with Gasteiger partial charge < -0.3 is 20.1 Å². The van der Waals surface area contributed by atoms with Crippen LogP contribution in [0.3, 0.4) is 0 Å². The van der Waals surface area contributed by atoms with Gasteiger partial charge in [0.15, 0.2) is 0 Å². The van der Waals surface area contributed by atoms with Gasteiger partial charge in [0.1, 0.15) is 30.3 Å². The van der Waals surface area contributed by atoms with E-state index in [0.717, 1.165) is 47.9 Å². The van der Waals surface area contributed by atoms with Crippen LogP contribution >= 0.6 is 11.6 Å². The van der Waals surface area contributed by atoms with Gasteiger partial charge in [-0.3, -0.25) is 9.59 Å². The first-order valence-corrected chi connectivity index (χ1v) is 16.8. The maximum absolute atomic E-state index is 14.4. The molecule has 48 heavy (non-hydrogen) atoms. The third-order valence-corrected chi connectivity index (χ3v) is 9.77. The van der Waals surface area contributed by atoms with Crippen molar-refractivity contribution in [2.75, 3.05) is 6.54 Å². The molecule has 9 heteroatoms. The zero-order valence-corrected chi connectivity index (χ0v) is 27.3. The van der Waals surface area contributed by atoms with E-state index in [0.29, 0.717) is 30.7 Å². The number of hydrogen-bond donors (Lipinski definition) is 2. The van der Waals surface area contributed by atoms with Crippen molar-refractivity contribution in [1.82, 2.24) is 10.2 Å². The number of fused-ring (bicyclic) bond motifs is 1. The summed E-state index contributed by atoms with van der Waals surface area (Å²) in [5, 5.41) is 13.2. The van der Waals surface area contributed by atoms with Gasteiger partial charge in [-0.1, -0.05) is 91.2 Å². The molecule has 2 N–H and O–H groups in total. The van der Waals surface area contributed by atoms with E-state index in [1.165, 1.54) is 12.1 Å². The standard InChI is InChI=1S/C39H38ClFN2O5/c40-33-11-6-12-34(41)32(33)24-48-30-18-17-29-19-20-43(36(44)22-25-7-4-5-8-25)37(31(29)23-30)38(45)42-35(39(46)47)21-26-13-15-28(16-14-26)27-9-2-1-3-10-27/h1-3,6,9-18,23,25,35,37H,4-5,7-8,19-22,24H2,(H,42,45)(H,46,47)/t35-,37?/m0/s1. The molecule has 0 aromatic heterocycles. The van der Waals surface area contributed by atoms with E-state index in [2.05, 4.69) is 5.32 Å². The number of carboxylic acid groups (broad SMARTS) is 1. The largest absolute Gasteiger partial charge is 0.489 e. The van der Waals surface area contributed by atoms with Gasteiger partial charge in [0.05, 0.1) is 5.02 Å². The highest BCUT2D eigenvalue weighted by Crippen LogP contribution is 2.36. The van der Waals surface area contributed by atoms with Crippen molar-refractivity contribution in [2.45, 2.75) is 63.6 Å². The number of amides is 2. The van der Waals surface area contributed by atoms with Gasteiger partial charge in [-0.25, -0.2) is 9.18 Å². The van der Waals surface area contributed by atoms with Gasteiger partial charge in [0.25, 0.3) is 0 Å². The number of aliphatic carboxylic acids is 1. The second-order valence-corrected chi connectivity index (χ2v) is 13.0. The summed E-state index contributed by atoms with van der Waals surface area (Å²) >= 11 is 6.20. The predicted octanol–water partition coefficient (Wildman–Crippen LogP) is 7.54. The molecule has 4 aromatic rings. The second kappa shape index (κ2) is 15.0. The number of hydrogen-bond acceptors (Lipinski definition) is 4. The van der Waals surface area contributed by atoms with Crippen molar-refractivity contribution in [3.63, 3.8) is 0 Å². The maximum atomic E-state index is 14.4. The molecule has 7 nitrogen and oxygen atoms in total. The summed E-state index contributed by atoms with van der Waals surface area (Å²) in [5.74, 6) is -1.71. The monoisotopic (exact) mass is 668 g/mol. The fraction of sp³-hybridized carbons (Fsp3) is 0.308. The summed E-state index contributed by atoms with van der Waals surface area (Å²) in [5.41, 5.74) is 4.43. The highest BCUT2D eigenvalue weighted by Gasteiger charge is 2.38. The topological polar surface area (TPSA) is 95.9 Å². The first-order valence-electron chi connectivity index (χ1n) is 16.4. The summed E-state index contributed by atoms with van der Waals surface area (Å²) in [6.45, 7) is 0.204. The smallest absolute Gasteiger partial charge is 0.326 e. The number of benzene rings is 4. The maximum Gasteiger partial charge on any atom is 0.326 e. The summed E-state index contributed by atoms with van der Waals surface area (Å²) in [6.07, 6.45) is 5.08. The first-order chi connectivity index (χ1) is 23.3. The Morgan fingerprint density at radius 3 is 2.38 bits per heavy atom. The van der Waals surface area contributed by atoms with Crippen molar-refractivity contribution < 1.29 is 28.6 Å². The van der Waals surface area contributed by atoms with Crippen LogP contribution in [0, 0.1) is 11.7 Å². The van der Waals surface area contributed by atoms with Gasteiger partial charge in [-0.2, -0.15) is 0 Å². The summed E-state index contributed by atoms with van der Waals surface area (Å²) in [4.78, 5) is 42.0. The van der Waals surface area contributed by atoms with Gasteiger partial charge in [0.2, 0.25) is 11.8 Å². The molecule has 1 heterocycles. The van der Waals surface area contributed by atoms with Gasteiger partial charge >= 0.3 is 5.97 Å². The van der Waals surface area contributed by atoms with E-state index in [9.17, 15) is 23.9 Å². The second-order valence-electron chi connectivity index (χ2n) is 12.6. The minimum Gasteiger partial charge on any atom is -0.489 e. The Bertz CT molecular complexity index is 1760. The Labute approximate surface area is 284 Å². The molecule has 1 aliphatic carbocycles. The lowest BCUT2D eigenvalue weighted by atomic mass is 9.90. The van der Waals surface area contributed by atoms with Crippen LogP contribution < -0.4 is 10.1 Å². The van der Waals surface area contributed by atoms with Crippen molar-refractivity contribution in [3.05, 3.63) is 124 Å². The lowest BCUT2D eigenvalue weighted by Crippen LogP contribution is -2.51. The predicted molar refractivity (Wildman–Crippen MR) is 182 cm³/mol. The third-order valence-electron chi connectivity index (χ3n) is 9.41. The first kappa shape index (κ1) is 33.2. The molecular weight excluding hydrogens is 631 g/mol. The van der Waals surface area contributed by atoms with E-state index >= 15 is 0 Å². The van der Waals surface area contributed by atoms with Crippen LogP contribution in [0.2, 0.25) is 5.02 Å².